The summed E-state index contributed by atoms with van der Waals surface area (Å²) in [5, 5.41) is 18.0. The highest BCUT2D eigenvalue weighted by Gasteiger charge is 2.61. The van der Waals surface area contributed by atoms with Gasteiger partial charge in [-0.2, -0.15) is 0 Å². The molecule has 1 aromatic rings. The Kier molecular flexibility index (Phi) is 2.42. The molecule has 1 saturated carbocycles. The zero-order valence-corrected chi connectivity index (χ0v) is 8.28. The maximum Gasteiger partial charge on any atom is 0.314 e. The van der Waals surface area contributed by atoms with Gasteiger partial charge in [-0.25, -0.2) is 8.78 Å². The van der Waals surface area contributed by atoms with Gasteiger partial charge in [0, 0.05) is 18.6 Å². The summed E-state index contributed by atoms with van der Waals surface area (Å²) in [5.41, 5.74) is -1.24. The van der Waals surface area contributed by atoms with Gasteiger partial charge in [0.15, 0.2) is 0 Å². The highest BCUT2D eigenvalue weighted by Crippen LogP contribution is 2.54. The summed E-state index contributed by atoms with van der Waals surface area (Å²) in [4.78, 5) is 11.1. The Balaban J connectivity index is 2.46. The van der Waals surface area contributed by atoms with Gasteiger partial charge in [-0.15, -0.1) is 0 Å². The summed E-state index contributed by atoms with van der Waals surface area (Å²) in [5.74, 6) is -3.24. The first-order valence-electron chi connectivity index (χ1n) is 4.81. The molecule has 0 aromatic heterocycles. The standard InChI is InChI=1S/C11H10F2O3/c12-8-1-6(2-9(13)3-8)11(10(15)16)4-7(11)5-14/h1-3,7,14H,4-5H2,(H,15,16). The fraction of sp³-hybridized carbons (Fsp3) is 0.364. The smallest absolute Gasteiger partial charge is 0.314 e. The van der Waals surface area contributed by atoms with Crippen molar-refractivity contribution in [2.24, 2.45) is 5.92 Å². The first kappa shape index (κ1) is 11.0. The number of benzene rings is 1. The monoisotopic (exact) mass is 228 g/mol. The second kappa shape index (κ2) is 3.52. The molecule has 0 bridgehead atoms. The van der Waals surface area contributed by atoms with E-state index in [1.54, 1.807) is 0 Å². The molecular weight excluding hydrogens is 218 g/mol. The fourth-order valence-electron chi connectivity index (χ4n) is 2.10. The summed E-state index contributed by atoms with van der Waals surface area (Å²) < 4.78 is 26.0. The van der Waals surface area contributed by atoms with E-state index in [4.69, 9.17) is 10.2 Å². The molecule has 0 heterocycles. The van der Waals surface area contributed by atoms with Crippen LogP contribution in [-0.4, -0.2) is 22.8 Å². The van der Waals surface area contributed by atoms with Crippen molar-refractivity contribution in [3.8, 4) is 0 Å². The lowest BCUT2D eigenvalue weighted by Crippen LogP contribution is -2.24. The Labute approximate surface area is 90.3 Å². The molecule has 2 N–H and O–H groups in total. The van der Waals surface area contributed by atoms with Gasteiger partial charge in [0.25, 0.3) is 0 Å². The molecule has 16 heavy (non-hydrogen) atoms. The summed E-state index contributed by atoms with van der Waals surface area (Å²) >= 11 is 0. The zero-order chi connectivity index (χ0) is 11.9. The molecule has 3 nitrogen and oxygen atoms in total. The average molecular weight is 228 g/mol. The van der Waals surface area contributed by atoms with Gasteiger partial charge in [0.1, 0.15) is 11.6 Å². The largest absolute Gasteiger partial charge is 0.481 e. The SMILES string of the molecule is O=C(O)C1(c2cc(F)cc(F)c2)CC1CO. The first-order valence-corrected chi connectivity index (χ1v) is 4.81. The number of aliphatic hydroxyl groups is 1. The second-order valence-corrected chi connectivity index (χ2v) is 4.02. The first-order chi connectivity index (χ1) is 7.50. The van der Waals surface area contributed by atoms with Crippen LogP contribution in [0, 0.1) is 17.6 Å². The van der Waals surface area contributed by atoms with Gasteiger partial charge in [0.05, 0.1) is 5.41 Å². The van der Waals surface area contributed by atoms with Gasteiger partial charge in [0.2, 0.25) is 0 Å². The molecule has 1 aliphatic rings. The Morgan fingerprint density at radius 2 is 1.94 bits per heavy atom. The third kappa shape index (κ3) is 1.48. The number of rotatable bonds is 3. The van der Waals surface area contributed by atoms with Crippen LogP contribution in [-0.2, 0) is 10.2 Å². The molecular formula is C11H10F2O3. The normalized spacial score (nSPS) is 27.8. The van der Waals surface area contributed by atoms with Crippen molar-refractivity contribution in [2.45, 2.75) is 11.8 Å². The molecule has 5 heteroatoms. The predicted molar refractivity (Wildman–Crippen MR) is 50.9 cm³/mol. The van der Waals surface area contributed by atoms with Gasteiger partial charge in [-0.05, 0) is 24.1 Å². The molecule has 1 fully saturated rings. The molecule has 1 aromatic carbocycles. The predicted octanol–water partition coefficient (Wildman–Crippen LogP) is 1.30. The maximum atomic E-state index is 13.0. The third-order valence-electron chi connectivity index (χ3n) is 3.08. The topological polar surface area (TPSA) is 57.5 Å². The minimum Gasteiger partial charge on any atom is -0.481 e. The molecule has 1 aliphatic carbocycles. The van der Waals surface area contributed by atoms with E-state index in [-0.39, 0.29) is 18.6 Å². The van der Waals surface area contributed by atoms with Crippen molar-refractivity contribution in [1.82, 2.24) is 0 Å². The van der Waals surface area contributed by atoms with Gasteiger partial charge in [-0.3, -0.25) is 4.79 Å². The Bertz CT molecular complexity index is 427. The van der Waals surface area contributed by atoms with Crippen molar-refractivity contribution in [3.63, 3.8) is 0 Å². The van der Waals surface area contributed by atoms with Crippen LogP contribution in [0.2, 0.25) is 0 Å². The molecule has 2 rings (SSSR count). The van der Waals surface area contributed by atoms with Crippen LogP contribution in [0.5, 0.6) is 0 Å². The maximum absolute atomic E-state index is 13.0. The Morgan fingerprint density at radius 3 is 2.31 bits per heavy atom. The lowest BCUT2D eigenvalue weighted by molar-refractivity contribution is -0.140. The molecule has 86 valence electrons. The highest BCUT2D eigenvalue weighted by atomic mass is 19.1. The van der Waals surface area contributed by atoms with Crippen molar-refractivity contribution >= 4 is 5.97 Å². The number of carboxylic acids is 1. The number of aliphatic carboxylic acids is 1. The number of halogens is 2. The average Bonchev–Trinajstić information content (AvgIpc) is 2.91. The molecule has 2 unspecified atom stereocenters. The van der Waals surface area contributed by atoms with E-state index in [0.717, 1.165) is 12.1 Å². The Morgan fingerprint density at radius 1 is 1.38 bits per heavy atom. The molecule has 0 spiro atoms. The van der Waals surface area contributed by atoms with Crippen molar-refractivity contribution < 1.29 is 23.8 Å². The van der Waals surface area contributed by atoms with E-state index in [1.165, 1.54) is 0 Å². The minimum absolute atomic E-state index is 0.0801. The van der Waals surface area contributed by atoms with Crippen molar-refractivity contribution in [3.05, 3.63) is 35.4 Å². The lowest BCUT2D eigenvalue weighted by atomic mass is 9.93. The quantitative estimate of drug-likeness (QED) is 0.819. The van der Waals surface area contributed by atoms with Gasteiger partial charge < -0.3 is 10.2 Å². The summed E-state index contributed by atoms with van der Waals surface area (Å²) in [6, 6.07) is 2.70. The van der Waals surface area contributed by atoms with E-state index in [2.05, 4.69) is 0 Å². The lowest BCUT2D eigenvalue weighted by Gasteiger charge is -2.12. The van der Waals surface area contributed by atoms with Crippen molar-refractivity contribution in [2.75, 3.05) is 6.61 Å². The highest BCUT2D eigenvalue weighted by molar-refractivity contribution is 5.85. The van der Waals surface area contributed by atoms with Crippen molar-refractivity contribution in [1.29, 1.82) is 0 Å². The fourth-order valence-corrected chi connectivity index (χ4v) is 2.10. The molecule has 0 amide bonds. The van der Waals surface area contributed by atoms with E-state index >= 15 is 0 Å². The Hall–Kier alpha value is -1.49. The van der Waals surface area contributed by atoms with Crippen LogP contribution in [0.15, 0.2) is 18.2 Å². The second-order valence-electron chi connectivity index (χ2n) is 4.02. The molecule has 0 aliphatic heterocycles. The van der Waals surface area contributed by atoms with Crippen LogP contribution < -0.4 is 0 Å². The summed E-state index contributed by atoms with van der Waals surface area (Å²) in [6.07, 6.45) is 0.210. The van der Waals surface area contributed by atoms with Crippen LogP contribution in [0.4, 0.5) is 8.78 Å². The van der Waals surface area contributed by atoms with Crippen LogP contribution in [0.1, 0.15) is 12.0 Å². The minimum atomic E-state index is -1.32. The molecule has 0 saturated heterocycles. The third-order valence-corrected chi connectivity index (χ3v) is 3.08. The van der Waals surface area contributed by atoms with Crippen LogP contribution >= 0.6 is 0 Å². The number of hydrogen-bond acceptors (Lipinski definition) is 2. The van der Waals surface area contributed by atoms with E-state index < -0.39 is 28.9 Å². The van der Waals surface area contributed by atoms with E-state index in [1.807, 2.05) is 0 Å². The van der Waals surface area contributed by atoms with E-state index in [0.29, 0.717) is 6.07 Å². The summed E-state index contributed by atoms with van der Waals surface area (Å²) in [7, 11) is 0. The number of carboxylic acid groups (broad SMARTS) is 1. The number of carbonyl (C=O) groups is 1. The van der Waals surface area contributed by atoms with Crippen LogP contribution in [0.3, 0.4) is 0 Å². The molecule has 2 atom stereocenters. The van der Waals surface area contributed by atoms with Crippen LogP contribution in [0.25, 0.3) is 0 Å². The van der Waals surface area contributed by atoms with E-state index in [9.17, 15) is 13.6 Å². The number of hydrogen-bond donors (Lipinski definition) is 2. The molecule has 0 radical (unpaired) electrons. The van der Waals surface area contributed by atoms with Gasteiger partial charge >= 0.3 is 5.97 Å². The zero-order valence-electron chi connectivity index (χ0n) is 8.28. The summed E-state index contributed by atoms with van der Waals surface area (Å²) in [6.45, 7) is -0.301. The van der Waals surface area contributed by atoms with Gasteiger partial charge in [-0.1, -0.05) is 0 Å². The number of aliphatic hydroxyl groups excluding tert-OH is 1.